The lowest BCUT2D eigenvalue weighted by Gasteiger charge is -1.96. The first kappa shape index (κ1) is 8.29. The van der Waals surface area contributed by atoms with Crippen molar-refractivity contribution < 1.29 is 14.3 Å². The number of hydrogen-bond acceptors (Lipinski definition) is 3. The Morgan fingerprint density at radius 2 is 2.38 bits per heavy atom. The molecule has 1 atom stereocenters. The van der Waals surface area contributed by atoms with Crippen molar-refractivity contribution in [3.63, 3.8) is 0 Å². The standard InChI is InChI=1S/C9H11NO3/c1-9(2)3-5(9)7-10-6(4-13-7)8(11)12/h4-5H,3H2,1-2H3,(H,11,12). The lowest BCUT2D eigenvalue weighted by Crippen LogP contribution is -1.97. The van der Waals surface area contributed by atoms with Crippen LogP contribution in [0.5, 0.6) is 0 Å². The van der Waals surface area contributed by atoms with Gasteiger partial charge >= 0.3 is 5.97 Å². The van der Waals surface area contributed by atoms with E-state index in [1.807, 2.05) is 0 Å². The Labute approximate surface area is 75.6 Å². The summed E-state index contributed by atoms with van der Waals surface area (Å²) in [5.41, 5.74) is 0.221. The van der Waals surface area contributed by atoms with Crippen LogP contribution in [0.3, 0.4) is 0 Å². The van der Waals surface area contributed by atoms with E-state index in [9.17, 15) is 4.79 Å². The van der Waals surface area contributed by atoms with Gasteiger partial charge in [-0.05, 0) is 11.8 Å². The highest BCUT2D eigenvalue weighted by atomic mass is 16.4. The van der Waals surface area contributed by atoms with Crippen LogP contribution in [-0.2, 0) is 0 Å². The van der Waals surface area contributed by atoms with E-state index in [4.69, 9.17) is 9.52 Å². The summed E-state index contributed by atoms with van der Waals surface area (Å²) in [5.74, 6) is -0.184. The van der Waals surface area contributed by atoms with Crippen LogP contribution in [0, 0.1) is 5.41 Å². The van der Waals surface area contributed by atoms with Crippen LogP contribution in [0.4, 0.5) is 0 Å². The van der Waals surface area contributed by atoms with Gasteiger partial charge in [0.2, 0.25) is 0 Å². The van der Waals surface area contributed by atoms with Crippen molar-refractivity contribution in [2.24, 2.45) is 5.41 Å². The molecule has 4 nitrogen and oxygen atoms in total. The smallest absolute Gasteiger partial charge is 0.357 e. The number of hydrogen-bond donors (Lipinski definition) is 1. The normalized spacial score (nSPS) is 24.3. The van der Waals surface area contributed by atoms with Crippen LogP contribution in [0.1, 0.15) is 42.6 Å². The van der Waals surface area contributed by atoms with Crippen molar-refractivity contribution in [2.45, 2.75) is 26.2 Å². The molecular weight excluding hydrogens is 170 g/mol. The highest BCUT2D eigenvalue weighted by Crippen LogP contribution is 2.58. The molecule has 0 aromatic carbocycles. The Bertz CT molecular complexity index is 353. The van der Waals surface area contributed by atoms with E-state index in [1.54, 1.807) is 0 Å². The third-order valence-corrected chi connectivity index (χ3v) is 2.55. The quantitative estimate of drug-likeness (QED) is 0.756. The molecule has 0 amide bonds. The molecule has 1 aromatic heterocycles. The van der Waals surface area contributed by atoms with Gasteiger partial charge in [0, 0.05) is 5.92 Å². The number of carbonyl (C=O) groups is 1. The molecular formula is C9H11NO3. The fourth-order valence-corrected chi connectivity index (χ4v) is 1.43. The first-order chi connectivity index (χ1) is 6.00. The Morgan fingerprint density at radius 3 is 2.77 bits per heavy atom. The molecule has 1 N–H and O–H groups in total. The molecule has 0 saturated heterocycles. The topological polar surface area (TPSA) is 63.3 Å². The third-order valence-electron chi connectivity index (χ3n) is 2.55. The van der Waals surface area contributed by atoms with Gasteiger partial charge in [-0.2, -0.15) is 0 Å². The molecule has 13 heavy (non-hydrogen) atoms. The molecule has 2 rings (SSSR count). The summed E-state index contributed by atoms with van der Waals surface area (Å²) >= 11 is 0. The number of aromatic carboxylic acids is 1. The zero-order valence-corrected chi connectivity index (χ0v) is 7.57. The van der Waals surface area contributed by atoms with Gasteiger partial charge in [-0.3, -0.25) is 0 Å². The Hall–Kier alpha value is -1.32. The average molecular weight is 181 g/mol. The SMILES string of the molecule is CC1(C)CC1c1nc(C(=O)O)co1. The van der Waals surface area contributed by atoms with Gasteiger partial charge in [0.05, 0.1) is 0 Å². The van der Waals surface area contributed by atoms with Crippen LogP contribution >= 0.6 is 0 Å². The van der Waals surface area contributed by atoms with Crippen molar-refractivity contribution in [1.29, 1.82) is 0 Å². The summed E-state index contributed by atoms with van der Waals surface area (Å²) in [6.45, 7) is 4.23. The molecule has 1 aliphatic carbocycles. The van der Waals surface area contributed by atoms with Gasteiger partial charge in [0.15, 0.2) is 11.6 Å². The fourth-order valence-electron chi connectivity index (χ4n) is 1.43. The molecule has 1 aromatic rings. The van der Waals surface area contributed by atoms with Crippen LogP contribution in [0.2, 0.25) is 0 Å². The molecule has 0 bridgehead atoms. The second kappa shape index (κ2) is 2.34. The molecule has 4 heteroatoms. The van der Waals surface area contributed by atoms with E-state index in [2.05, 4.69) is 18.8 Å². The van der Waals surface area contributed by atoms with Crippen molar-refractivity contribution >= 4 is 5.97 Å². The van der Waals surface area contributed by atoms with E-state index in [-0.39, 0.29) is 11.1 Å². The minimum Gasteiger partial charge on any atom is -0.476 e. The molecule has 1 aliphatic rings. The summed E-state index contributed by atoms with van der Waals surface area (Å²) in [6, 6.07) is 0. The largest absolute Gasteiger partial charge is 0.476 e. The Morgan fingerprint density at radius 1 is 1.77 bits per heavy atom. The first-order valence-electron chi connectivity index (χ1n) is 4.19. The molecule has 1 heterocycles. The van der Waals surface area contributed by atoms with E-state index in [1.165, 1.54) is 6.26 Å². The maximum Gasteiger partial charge on any atom is 0.357 e. The van der Waals surface area contributed by atoms with Gasteiger partial charge in [0.1, 0.15) is 6.26 Å². The van der Waals surface area contributed by atoms with Crippen molar-refractivity contribution in [3.8, 4) is 0 Å². The molecule has 0 aliphatic heterocycles. The zero-order chi connectivity index (χ0) is 9.64. The number of rotatable bonds is 2. The van der Waals surface area contributed by atoms with E-state index < -0.39 is 5.97 Å². The number of nitrogens with zero attached hydrogens (tertiary/aromatic N) is 1. The fraction of sp³-hybridized carbons (Fsp3) is 0.556. The van der Waals surface area contributed by atoms with Crippen LogP contribution in [-0.4, -0.2) is 16.1 Å². The van der Waals surface area contributed by atoms with Gasteiger partial charge in [-0.25, -0.2) is 9.78 Å². The first-order valence-corrected chi connectivity index (χ1v) is 4.19. The molecule has 1 unspecified atom stereocenters. The van der Waals surface area contributed by atoms with Crippen molar-refractivity contribution in [3.05, 3.63) is 17.8 Å². The highest BCUT2D eigenvalue weighted by Gasteiger charge is 2.49. The monoisotopic (exact) mass is 181 g/mol. The third kappa shape index (κ3) is 1.32. The lowest BCUT2D eigenvalue weighted by molar-refractivity contribution is 0.0690. The van der Waals surface area contributed by atoms with E-state index >= 15 is 0 Å². The van der Waals surface area contributed by atoms with Crippen molar-refractivity contribution in [1.82, 2.24) is 4.98 Å². The van der Waals surface area contributed by atoms with Crippen molar-refractivity contribution in [2.75, 3.05) is 0 Å². The summed E-state index contributed by atoms with van der Waals surface area (Å²) in [5, 5.41) is 8.61. The maximum absolute atomic E-state index is 10.5. The summed E-state index contributed by atoms with van der Waals surface area (Å²) in [6.07, 6.45) is 2.22. The van der Waals surface area contributed by atoms with Gasteiger partial charge in [-0.1, -0.05) is 13.8 Å². The van der Waals surface area contributed by atoms with E-state index in [0.29, 0.717) is 11.8 Å². The predicted molar refractivity (Wildman–Crippen MR) is 44.6 cm³/mol. The Kier molecular flexibility index (Phi) is 1.49. The molecule has 1 saturated carbocycles. The number of carboxylic acid groups (broad SMARTS) is 1. The Balaban J connectivity index is 2.20. The summed E-state index contributed by atoms with van der Waals surface area (Å²) < 4.78 is 5.09. The zero-order valence-electron chi connectivity index (χ0n) is 7.57. The van der Waals surface area contributed by atoms with E-state index in [0.717, 1.165) is 6.42 Å². The minimum atomic E-state index is -1.03. The second-order valence-electron chi connectivity index (χ2n) is 4.12. The summed E-state index contributed by atoms with van der Waals surface area (Å²) in [4.78, 5) is 14.4. The second-order valence-corrected chi connectivity index (χ2v) is 4.12. The molecule has 1 fully saturated rings. The van der Waals surface area contributed by atoms with Gasteiger partial charge in [-0.15, -0.1) is 0 Å². The molecule has 70 valence electrons. The van der Waals surface area contributed by atoms with Crippen LogP contribution < -0.4 is 0 Å². The van der Waals surface area contributed by atoms with Gasteiger partial charge < -0.3 is 9.52 Å². The lowest BCUT2D eigenvalue weighted by atomic mass is 10.1. The van der Waals surface area contributed by atoms with Crippen LogP contribution in [0.15, 0.2) is 10.7 Å². The average Bonchev–Trinajstić information content (AvgIpc) is 2.50. The molecule has 0 spiro atoms. The number of aromatic nitrogens is 1. The molecule has 0 radical (unpaired) electrons. The number of oxazole rings is 1. The minimum absolute atomic E-state index is 0.00213. The van der Waals surface area contributed by atoms with Gasteiger partial charge in [0.25, 0.3) is 0 Å². The number of carboxylic acids is 1. The predicted octanol–water partition coefficient (Wildman–Crippen LogP) is 1.89. The maximum atomic E-state index is 10.5. The summed E-state index contributed by atoms with van der Waals surface area (Å²) in [7, 11) is 0. The van der Waals surface area contributed by atoms with Crippen LogP contribution in [0.25, 0.3) is 0 Å². The highest BCUT2D eigenvalue weighted by molar-refractivity contribution is 5.84.